The molecular weight excluding hydrogens is 252 g/mol. The summed E-state index contributed by atoms with van der Waals surface area (Å²) in [5, 5.41) is 20.5. The Labute approximate surface area is 116 Å². The van der Waals surface area contributed by atoms with Gasteiger partial charge in [-0.1, -0.05) is 18.2 Å². The fourth-order valence-electron chi connectivity index (χ4n) is 2.41. The molecule has 0 unspecified atom stereocenters. The lowest BCUT2D eigenvalue weighted by molar-refractivity contribution is 0.452. The highest BCUT2D eigenvalue weighted by molar-refractivity contribution is 6.00. The molecule has 1 heterocycles. The fraction of sp³-hybridized carbons (Fsp3) is 0.0588. The van der Waals surface area contributed by atoms with Crippen molar-refractivity contribution in [2.45, 2.75) is 6.92 Å². The Balaban J connectivity index is 2.37. The van der Waals surface area contributed by atoms with Crippen LogP contribution in [0.15, 0.2) is 53.2 Å². The normalized spacial score (nSPS) is 11.4. The van der Waals surface area contributed by atoms with Crippen molar-refractivity contribution in [2.24, 2.45) is 0 Å². The van der Waals surface area contributed by atoms with Crippen LogP contribution in [-0.4, -0.2) is 10.2 Å². The summed E-state index contributed by atoms with van der Waals surface area (Å²) >= 11 is 0. The smallest absolute Gasteiger partial charge is 0.134 e. The highest BCUT2D eigenvalue weighted by atomic mass is 16.3. The molecule has 0 aliphatic heterocycles. The van der Waals surface area contributed by atoms with E-state index in [9.17, 15) is 10.2 Å². The van der Waals surface area contributed by atoms with Crippen molar-refractivity contribution in [1.29, 1.82) is 0 Å². The topological polar surface area (TPSA) is 53.6 Å². The van der Waals surface area contributed by atoms with Crippen LogP contribution >= 0.6 is 0 Å². The first-order chi connectivity index (χ1) is 9.70. The zero-order chi connectivity index (χ0) is 14.1. The van der Waals surface area contributed by atoms with Crippen LogP contribution in [-0.2, 0) is 0 Å². The second kappa shape index (κ2) is 4.78. The molecule has 0 atom stereocenters. The Bertz CT molecular complexity index is 797. The molecule has 3 aromatic rings. The lowest BCUT2D eigenvalue weighted by atomic mass is 9.95. The number of fused-ring (bicyclic) bond motifs is 1. The summed E-state index contributed by atoms with van der Waals surface area (Å²) in [6.45, 7) is 1.94. The quantitative estimate of drug-likeness (QED) is 0.715. The first-order valence-corrected chi connectivity index (χ1v) is 6.36. The van der Waals surface area contributed by atoms with Crippen LogP contribution in [0.4, 0.5) is 0 Å². The van der Waals surface area contributed by atoms with Crippen LogP contribution in [0, 0.1) is 0 Å². The van der Waals surface area contributed by atoms with Crippen molar-refractivity contribution >= 4 is 17.0 Å². The molecule has 100 valence electrons. The molecule has 0 radical (unpaired) electrons. The Hall–Kier alpha value is -2.68. The SMILES string of the molecule is C/C=C/c1ccc2occc2c1-c1ccc(O)cc1O. The molecule has 3 rings (SSSR count). The van der Waals surface area contributed by atoms with Crippen LogP contribution < -0.4 is 0 Å². The predicted molar refractivity (Wildman–Crippen MR) is 79.7 cm³/mol. The lowest BCUT2D eigenvalue weighted by Gasteiger charge is -2.10. The number of hydrogen-bond donors (Lipinski definition) is 2. The number of rotatable bonds is 2. The van der Waals surface area contributed by atoms with E-state index in [1.165, 1.54) is 6.07 Å². The number of hydrogen-bond acceptors (Lipinski definition) is 3. The van der Waals surface area contributed by atoms with Crippen molar-refractivity contribution in [3.63, 3.8) is 0 Å². The molecule has 2 aromatic carbocycles. The maximum Gasteiger partial charge on any atom is 0.134 e. The Morgan fingerprint density at radius 2 is 1.90 bits per heavy atom. The van der Waals surface area contributed by atoms with E-state index >= 15 is 0 Å². The van der Waals surface area contributed by atoms with Gasteiger partial charge in [-0.2, -0.15) is 0 Å². The summed E-state index contributed by atoms with van der Waals surface area (Å²) in [5.41, 5.74) is 3.32. The van der Waals surface area contributed by atoms with Gasteiger partial charge >= 0.3 is 0 Å². The summed E-state index contributed by atoms with van der Waals surface area (Å²) in [5.74, 6) is 0.0858. The van der Waals surface area contributed by atoms with E-state index in [1.807, 2.05) is 37.3 Å². The minimum Gasteiger partial charge on any atom is -0.508 e. The second-order valence-corrected chi connectivity index (χ2v) is 4.56. The molecule has 20 heavy (non-hydrogen) atoms. The monoisotopic (exact) mass is 266 g/mol. The molecule has 0 aliphatic carbocycles. The highest BCUT2D eigenvalue weighted by Gasteiger charge is 2.14. The van der Waals surface area contributed by atoms with Crippen molar-refractivity contribution in [3.05, 3.63) is 54.3 Å². The molecule has 0 amide bonds. The first-order valence-electron chi connectivity index (χ1n) is 6.36. The van der Waals surface area contributed by atoms with Gasteiger partial charge in [-0.05, 0) is 36.8 Å². The minimum absolute atomic E-state index is 0.0400. The second-order valence-electron chi connectivity index (χ2n) is 4.56. The van der Waals surface area contributed by atoms with E-state index in [0.29, 0.717) is 5.56 Å². The number of aromatic hydroxyl groups is 2. The van der Waals surface area contributed by atoms with Gasteiger partial charge in [-0.25, -0.2) is 0 Å². The van der Waals surface area contributed by atoms with Gasteiger partial charge in [-0.3, -0.25) is 0 Å². The zero-order valence-electron chi connectivity index (χ0n) is 11.0. The molecule has 3 heteroatoms. The molecule has 0 bridgehead atoms. The fourth-order valence-corrected chi connectivity index (χ4v) is 2.41. The number of benzene rings is 2. The van der Waals surface area contributed by atoms with E-state index in [4.69, 9.17) is 4.42 Å². The summed E-state index contributed by atoms with van der Waals surface area (Å²) in [6, 6.07) is 10.4. The maximum absolute atomic E-state index is 10.1. The predicted octanol–water partition coefficient (Wildman–Crippen LogP) is 4.54. The third-order valence-corrected chi connectivity index (χ3v) is 3.26. The minimum atomic E-state index is 0.0400. The van der Waals surface area contributed by atoms with Crippen LogP contribution in [0.1, 0.15) is 12.5 Å². The molecule has 0 saturated carbocycles. The van der Waals surface area contributed by atoms with Gasteiger partial charge in [0.05, 0.1) is 6.26 Å². The van der Waals surface area contributed by atoms with Crippen LogP contribution in [0.25, 0.3) is 28.2 Å². The molecule has 1 aromatic heterocycles. The van der Waals surface area contributed by atoms with Crippen molar-refractivity contribution in [3.8, 4) is 22.6 Å². The summed E-state index contributed by atoms with van der Waals surface area (Å²) in [6.07, 6.45) is 5.56. The Morgan fingerprint density at radius 3 is 2.65 bits per heavy atom. The van der Waals surface area contributed by atoms with E-state index in [-0.39, 0.29) is 11.5 Å². The molecule has 0 aliphatic rings. The van der Waals surface area contributed by atoms with E-state index in [2.05, 4.69) is 0 Å². The van der Waals surface area contributed by atoms with Gasteiger partial charge in [0.2, 0.25) is 0 Å². The highest BCUT2D eigenvalue weighted by Crippen LogP contribution is 2.39. The van der Waals surface area contributed by atoms with E-state index < -0.39 is 0 Å². The van der Waals surface area contributed by atoms with Gasteiger partial charge in [0.15, 0.2) is 0 Å². The number of phenols is 2. The molecule has 0 spiro atoms. The van der Waals surface area contributed by atoms with Crippen LogP contribution in [0.5, 0.6) is 11.5 Å². The molecule has 3 nitrogen and oxygen atoms in total. The largest absolute Gasteiger partial charge is 0.508 e. The summed E-state index contributed by atoms with van der Waals surface area (Å²) in [7, 11) is 0. The van der Waals surface area contributed by atoms with Crippen molar-refractivity contribution in [2.75, 3.05) is 0 Å². The third kappa shape index (κ3) is 1.93. The van der Waals surface area contributed by atoms with Crippen molar-refractivity contribution in [1.82, 2.24) is 0 Å². The standard InChI is InChI=1S/C17H14O3/c1-2-3-11-4-7-16-14(8-9-20-16)17(11)13-6-5-12(18)10-15(13)19/h2-10,18-19H,1H3/b3-2+. The molecule has 2 N–H and O–H groups in total. The number of phenolic OH excluding ortho intramolecular Hbond substituents is 2. The Morgan fingerprint density at radius 1 is 1.05 bits per heavy atom. The number of allylic oxidation sites excluding steroid dienone is 1. The lowest BCUT2D eigenvalue weighted by Crippen LogP contribution is -1.85. The van der Waals surface area contributed by atoms with E-state index in [1.54, 1.807) is 18.4 Å². The first kappa shape index (κ1) is 12.4. The molecule has 0 saturated heterocycles. The van der Waals surface area contributed by atoms with Gasteiger partial charge in [-0.15, -0.1) is 0 Å². The zero-order valence-corrected chi connectivity index (χ0v) is 11.0. The van der Waals surface area contributed by atoms with Crippen molar-refractivity contribution < 1.29 is 14.6 Å². The summed E-state index contributed by atoms with van der Waals surface area (Å²) < 4.78 is 5.42. The number of furan rings is 1. The van der Waals surface area contributed by atoms with Gasteiger partial charge in [0.1, 0.15) is 17.1 Å². The molecule has 0 fully saturated rings. The average molecular weight is 266 g/mol. The van der Waals surface area contributed by atoms with E-state index in [0.717, 1.165) is 22.1 Å². The maximum atomic E-state index is 10.1. The summed E-state index contributed by atoms with van der Waals surface area (Å²) in [4.78, 5) is 0. The van der Waals surface area contributed by atoms with Crippen LogP contribution in [0.2, 0.25) is 0 Å². The van der Waals surface area contributed by atoms with Crippen LogP contribution in [0.3, 0.4) is 0 Å². The average Bonchev–Trinajstić information content (AvgIpc) is 2.88. The Kier molecular flexibility index (Phi) is 2.95. The van der Waals surface area contributed by atoms with Gasteiger partial charge in [0, 0.05) is 22.6 Å². The van der Waals surface area contributed by atoms with Gasteiger partial charge in [0.25, 0.3) is 0 Å². The third-order valence-electron chi connectivity index (χ3n) is 3.26. The molecular formula is C17H14O3. The van der Waals surface area contributed by atoms with Gasteiger partial charge < -0.3 is 14.6 Å².